The summed E-state index contributed by atoms with van der Waals surface area (Å²) in [6.45, 7) is 1.84. The third kappa shape index (κ3) is 5.60. The minimum absolute atomic E-state index is 0.0475. The molecule has 0 bridgehead atoms. The summed E-state index contributed by atoms with van der Waals surface area (Å²) in [5.74, 6) is -0.0475. The molecule has 0 amide bonds. The summed E-state index contributed by atoms with van der Waals surface area (Å²) in [4.78, 5) is 12.7. The van der Waals surface area contributed by atoms with E-state index < -0.39 is 6.10 Å². The molecule has 0 saturated carbocycles. The highest BCUT2D eigenvalue weighted by Crippen LogP contribution is 2.22. The normalized spacial score (nSPS) is 12.0. The van der Waals surface area contributed by atoms with E-state index >= 15 is 0 Å². The van der Waals surface area contributed by atoms with E-state index in [0.717, 1.165) is 5.56 Å². The lowest BCUT2D eigenvalue weighted by molar-refractivity contribution is -0.00199. The van der Waals surface area contributed by atoms with E-state index in [2.05, 4.69) is 0 Å². The fourth-order valence-corrected chi connectivity index (χ4v) is 2.17. The van der Waals surface area contributed by atoms with E-state index in [9.17, 15) is 4.79 Å². The van der Waals surface area contributed by atoms with Crippen LogP contribution in [0, 0.1) is 0 Å². The molecule has 23 heavy (non-hydrogen) atoms. The molecule has 1 unspecified atom stereocenters. The lowest BCUT2D eigenvalue weighted by atomic mass is 10.00. The second kappa shape index (κ2) is 9.90. The van der Waals surface area contributed by atoms with Crippen LogP contribution in [0.5, 0.6) is 0 Å². The third-order valence-corrected chi connectivity index (χ3v) is 3.34. The van der Waals surface area contributed by atoms with E-state index in [1.54, 1.807) is 19.2 Å². The number of Topliss-reactive ketones (excluding diaryl/α,β-unsaturated/α-hetero) is 1. The standard InChI is InChI=1S/C19H22O4/c1-21-12-13-22-14-15-23-19(17-10-6-3-7-11-17)18(20)16-8-4-2-5-9-16/h2-11,19H,12-15H2,1H3. The maximum absolute atomic E-state index is 12.7. The summed E-state index contributed by atoms with van der Waals surface area (Å²) in [5.41, 5.74) is 1.49. The number of rotatable bonds is 10. The van der Waals surface area contributed by atoms with Crippen LogP contribution >= 0.6 is 0 Å². The summed E-state index contributed by atoms with van der Waals surface area (Å²) in [6.07, 6.45) is -0.621. The van der Waals surface area contributed by atoms with Crippen molar-refractivity contribution in [3.05, 3.63) is 71.8 Å². The molecule has 0 N–H and O–H groups in total. The molecule has 122 valence electrons. The Labute approximate surface area is 137 Å². The van der Waals surface area contributed by atoms with E-state index in [-0.39, 0.29) is 5.78 Å². The second-order valence-corrected chi connectivity index (χ2v) is 5.00. The van der Waals surface area contributed by atoms with Crippen LogP contribution in [0.1, 0.15) is 22.0 Å². The minimum Gasteiger partial charge on any atom is -0.382 e. The van der Waals surface area contributed by atoms with Gasteiger partial charge in [0.05, 0.1) is 26.4 Å². The molecule has 2 aromatic carbocycles. The Morgan fingerprint density at radius 1 is 0.870 bits per heavy atom. The van der Waals surface area contributed by atoms with Gasteiger partial charge in [-0.1, -0.05) is 60.7 Å². The average molecular weight is 314 g/mol. The summed E-state index contributed by atoms with van der Waals surface area (Å²) in [6, 6.07) is 18.7. The van der Waals surface area contributed by atoms with Crippen LogP contribution in [0.4, 0.5) is 0 Å². The topological polar surface area (TPSA) is 44.8 Å². The van der Waals surface area contributed by atoms with E-state index in [4.69, 9.17) is 14.2 Å². The minimum atomic E-state index is -0.621. The Hall–Kier alpha value is -2.01. The van der Waals surface area contributed by atoms with Crippen molar-refractivity contribution in [3.63, 3.8) is 0 Å². The van der Waals surface area contributed by atoms with Crippen molar-refractivity contribution in [1.29, 1.82) is 0 Å². The molecule has 0 aliphatic rings. The predicted octanol–water partition coefficient (Wildman–Crippen LogP) is 3.29. The summed E-state index contributed by atoms with van der Waals surface area (Å²) >= 11 is 0. The van der Waals surface area contributed by atoms with E-state index in [1.807, 2.05) is 48.5 Å². The Morgan fingerprint density at radius 2 is 1.48 bits per heavy atom. The van der Waals surface area contributed by atoms with Gasteiger partial charge >= 0.3 is 0 Å². The molecule has 0 aliphatic heterocycles. The van der Waals surface area contributed by atoms with Crippen LogP contribution < -0.4 is 0 Å². The highest BCUT2D eigenvalue weighted by molar-refractivity contribution is 6.00. The smallest absolute Gasteiger partial charge is 0.196 e. The summed E-state index contributed by atoms with van der Waals surface area (Å²) in [7, 11) is 1.63. The predicted molar refractivity (Wildman–Crippen MR) is 88.6 cm³/mol. The van der Waals surface area contributed by atoms with Gasteiger partial charge < -0.3 is 14.2 Å². The van der Waals surface area contributed by atoms with Gasteiger partial charge in [0.1, 0.15) is 6.10 Å². The largest absolute Gasteiger partial charge is 0.382 e. The number of benzene rings is 2. The van der Waals surface area contributed by atoms with Gasteiger partial charge in [-0.2, -0.15) is 0 Å². The average Bonchev–Trinajstić information content (AvgIpc) is 2.62. The van der Waals surface area contributed by atoms with Gasteiger partial charge in [0.2, 0.25) is 0 Å². The van der Waals surface area contributed by atoms with Crippen molar-refractivity contribution in [2.75, 3.05) is 33.5 Å². The first-order valence-electron chi connectivity index (χ1n) is 7.65. The Morgan fingerprint density at radius 3 is 2.13 bits per heavy atom. The van der Waals surface area contributed by atoms with Gasteiger partial charge in [-0.15, -0.1) is 0 Å². The van der Waals surface area contributed by atoms with E-state index in [0.29, 0.717) is 32.0 Å². The quantitative estimate of drug-likeness (QED) is 0.498. The zero-order chi connectivity index (χ0) is 16.3. The Kier molecular flexibility index (Phi) is 7.46. The van der Waals surface area contributed by atoms with Crippen molar-refractivity contribution >= 4 is 5.78 Å². The van der Waals surface area contributed by atoms with Gasteiger partial charge in [-0.3, -0.25) is 4.79 Å². The van der Waals surface area contributed by atoms with Crippen molar-refractivity contribution in [2.24, 2.45) is 0 Å². The van der Waals surface area contributed by atoms with Crippen molar-refractivity contribution in [3.8, 4) is 0 Å². The SMILES string of the molecule is COCCOCCOC(C(=O)c1ccccc1)c1ccccc1. The number of ketones is 1. The van der Waals surface area contributed by atoms with Gasteiger partial charge in [-0.05, 0) is 5.56 Å². The number of carbonyl (C=O) groups is 1. The maximum atomic E-state index is 12.7. The van der Waals surface area contributed by atoms with Gasteiger partial charge in [-0.25, -0.2) is 0 Å². The summed E-state index contributed by atoms with van der Waals surface area (Å²) in [5, 5.41) is 0. The molecule has 0 saturated heterocycles. The lowest BCUT2D eigenvalue weighted by Crippen LogP contribution is -2.19. The van der Waals surface area contributed by atoms with Crippen LogP contribution in [0.25, 0.3) is 0 Å². The molecule has 0 radical (unpaired) electrons. The van der Waals surface area contributed by atoms with Crippen LogP contribution in [-0.2, 0) is 14.2 Å². The molecule has 2 aromatic rings. The molecule has 4 nitrogen and oxygen atoms in total. The van der Waals surface area contributed by atoms with Gasteiger partial charge in [0, 0.05) is 12.7 Å². The van der Waals surface area contributed by atoms with Gasteiger partial charge in [0.15, 0.2) is 5.78 Å². The number of ether oxygens (including phenoxy) is 3. The fraction of sp³-hybridized carbons (Fsp3) is 0.316. The first-order chi connectivity index (χ1) is 11.3. The monoisotopic (exact) mass is 314 g/mol. The Balaban J connectivity index is 2.00. The fourth-order valence-electron chi connectivity index (χ4n) is 2.17. The van der Waals surface area contributed by atoms with E-state index in [1.165, 1.54) is 0 Å². The number of methoxy groups -OCH3 is 1. The van der Waals surface area contributed by atoms with Crippen molar-refractivity contribution in [2.45, 2.75) is 6.10 Å². The van der Waals surface area contributed by atoms with Crippen LogP contribution in [-0.4, -0.2) is 39.3 Å². The molecular weight excluding hydrogens is 292 g/mol. The molecule has 2 rings (SSSR count). The highest BCUT2D eigenvalue weighted by atomic mass is 16.5. The second-order valence-electron chi connectivity index (χ2n) is 5.00. The number of hydrogen-bond donors (Lipinski definition) is 0. The first kappa shape index (κ1) is 17.3. The zero-order valence-corrected chi connectivity index (χ0v) is 13.3. The molecule has 0 aliphatic carbocycles. The molecular formula is C19H22O4. The Bertz CT molecular complexity index is 568. The molecule has 4 heteroatoms. The summed E-state index contributed by atoms with van der Waals surface area (Å²) < 4.78 is 16.1. The molecule has 0 heterocycles. The van der Waals surface area contributed by atoms with Crippen molar-refractivity contribution in [1.82, 2.24) is 0 Å². The number of carbonyl (C=O) groups excluding carboxylic acids is 1. The first-order valence-corrected chi connectivity index (χ1v) is 7.65. The third-order valence-electron chi connectivity index (χ3n) is 3.34. The van der Waals surface area contributed by atoms with Crippen LogP contribution in [0.2, 0.25) is 0 Å². The van der Waals surface area contributed by atoms with Crippen LogP contribution in [0.15, 0.2) is 60.7 Å². The van der Waals surface area contributed by atoms with Gasteiger partial charge in [0.25, 0.3) is 0 Å². The molecule has 1 atom stereocenters. The molecule has 0 spiro atoms. The van der Waals surface area contributed by atoms with Crippen LogP contribution in [0.3, 0.4) is 0 Å². The molecule has 0 aromatic heterocycles. The zero-order valence-electron chi connectivity index (χ0n) is 13.3. The number of hydrogen-bond acceptors (Lipinski definition) is 4. The highest BCUT2D eigenvalue weighted by Gasteiger charge is 2.22. The maximum Gasteiger partial charge on any atom is 0.196 e. The van der Waals surface area contributed by atoms with Crippen molar-refractivity contribution < 1.29 is 19.0 Å². The molecule has 0 fully saturated rings. The lowest BCUT2D eigenvalue weighted by Gasteiger charge is -2.17.